The fourth-order valence-corrected chi connectivity index (χ4v) is 3.71. The van der Waals surface area contributed by atoms with Gasteiger partial charge in [-0.3, -0.25) is 4.79 Å². The van der Waals surface area contributed by atoms with Crippen LogP contribution >= 0.6 is 11.3 Å². The van der Waals surface area contributed by atoms with Crippen molar-refractivity contribution in [3.63, 3.8) is 0 Å². The summed E-state index contributed by atoms with van der Waals surface area (Å²) in [6.45, 7) is 0. The Morgan fingerprint density at radius 1 is 0.864 bits per heavy atom. The van der Waals surface area contributed by atoms with Crippen molar-refractivity contribution >= 4 is 17.1 Å². The van der Waals surface area contributed by atoms with Crippen LogP contribution in [-0.2, 0) is 6.42 Å². The van der Waals surface area contributed by atoms with Crippen LogP contribution in [0.3, 0.4) is 0 Å². The summed E-state index contributed by atoms with van der Waals surface area (Å²) >= 11 is 1.54. The summed E-state index contributed by atoms with van der Waals surface area (Å²) in [5.74, 6) is 0.0693. The molecule has 0 saturated heterocycles. The molecule has 22 heavy (non-hydrogen) atoms. The molecular weight excluding hydrogens is 296 g/mol. The van der Waals surface area contributed by atoms with Gasteiger partial charge in [0.1, 0.15) is 11.5 Å². The maximum Gasteiger partial charge on any atom is 0.193 e. The SMILES string of the molecule is O=C1c2cccc(O)c2Cc2c1ccc(-c1cccs1)c2O. The van der Waals surface area contributed by atoms with E-state index < -0.39 is 0 Å². The Bertz CT molecular complexity index is 895. The number of phenols is 2. The molecule has 0 unspecified atom stereocenters. The number of phenolic OH excluding ortho intramolecular Hbond substituents is 2. The molecule has 0 amide bonds. The first kappa shape index (κ1) is 13.1. The van der Waals surface area contributed by atoms with Gasteiger partial charge in [-0.1, -0.05) is 18.2 Å². The molecule has 0 fully saturated rings. The van der Waals surface area contributed by atoms with Crippen molar-refractivity contribution in [1.29, 1.82) is 0 Å². The van der Waals surface area contributed by atoms with Gasteiger partial charge < -0.3 is 10.2 Å². The molecule has 0 bridgehead atoms. The number of ketones is 1. The minimum Gasteiger partial charge on any atom is -0.508 e. The zero-order chi connectivity index (χ0) is 15.3. The first-order valence-electron chi connectivity index (χ1n) is 6.91. The number of hydrogen-bond donors (Lipinski definition) is 2. The Balaban J connectivity index is 1.93. The van der Waals surface area contributed by atoms with E-state index in [-0.39, 0.29) is 17.3 Å². The summed E-state index contributed by atoms with van der Waals surface area (Å²) in [5.41, 5.74) is 2.91. The molecule has 1 aliphatic rings. The van der Waals surface area contributed by atoms with E-state index in [0.717, 1.165) is 10.4 Å². The van der Waals surface area contributed by atoms with Gasteiger partial charge in [0.2, 0.25) is 0 Å². The van der Waals surface area contributed by atoms with Crippen LogP contribution in [0.15, 0.2) is 47.8 Å². The van der Waals surface area contributed by atoms with Crippen molar-refractivity contribution < 1.29 is 15.0 Å². The summed E-state index contributed by atoms with van der Waals surface area (Å²) in [7, 11) is 0. The molecule has 1 heterocycles. The van der Waals surface area contributed by atoms with Crippen LogP contribution < -0.4 is 0 Å². The Hall–Kier alpha value is -2.59. The number of carbonyl (C=O) groups is 1. The minimum atomic E-state index is -0.153. The molecule has 0 atom stereocenters. The Morgan fingerprint density at radius 3 is 2.41 bits per heavy atom. The number of benzene rings is 2. The van der Waals surface area contributed by atoms with Crippen LogP contribution in [0.2, 0.25) is 0 Å². The number of fused-ring (bicyclic) bond motifs is 2. The number of thiophene rings is 1. The van der Waals surface area contributed by atoms with Crippen LogP contribution in [0.1, 0.15) is 27.0 Å². The third kappa shape index (κ3) is 1.77. The first-order chi connectivity index (χ1) is 10.7. The summed E-state index contributed by atoms with van der Waals surface area (Å²) in [6, 6.07) is 12.3. The highest BCUT2D eigenvalue weighted by atomic mass is 32.1. The highest BCUT2D eigenvalue weighted by Crippen LogP contribution is 2.42. The van der Waals surface area contributed by atoms with Crippen molar-refractivity contribution in [2.24, 2.45) is 0 Å². The largest absolute Gasteiger partial charge is 0.508 e. The molecular formula is C18H12O3S. The maximum absolute atomic E-state index is 12.6. The molecule has 3 aromatic rings. The van der Waals surface area contributed by atoms with E-state index in [1.165, 1.54) is 11.3 Å². The smallest absolute Gasteiger partial charge is 0.193 e. The summed E-state index contributed by atoms with van der Waals surface area (Å²) in [5, 5.41) is 22.6. The van der Waals surface area contributed by atoms with Crippen LogP contribution in [0.5, 0.6) is 11.5 Å². The van der Waals surface area contributed by atoms with Gasteiger partial charge in [-0.15, -0.1) is 11.3 Å². The standard InChI is InChI=1S/C18H12O3S/c19-15-4-1-3-10-13(15)9-14-11(17(10)20)6-7-12(18(14)21)16-5-2-8-22-16/h1-8,19,21H,9H2. The lowest BCUT2D eigenvalue weighted by Crippen LogP contribution is -2.15. The molecule has 0 aliphatic heterocycles. The molecule has 1 aliphatic carbocycles. The number of aromatic hydroxyl groups is 2. The Morgan fingerprint density at radius 2 is 1.64 bits per heavy atom. The third-order valence-corrected chi connectivity index (χ3v) is 4.97. The van der Waals surface area contributed by atoms with Gasteiger partial charge in [-0.25, -0.2) is 0 Å². The molecule has 0 spiro atoms. The highest BCUT2D eigenvalue weighted by Gasteiger charge is 2.28. The topological polar surface area (TPSA) is 57.5 Å². The van der Waals surface area contributed by atoms with Gasteiger partial charge >= 0.3 is 0 Å². The molecule has 4 heteroatoms. The van der Waals surface area contributed by atoms with Crippen LogP contribution in [-0.4, -0.2) is 16.0 Å². The minimum absolute atomic E-state index is 0.0948. The van der Waals surface area contributed by atoms with E-state index in [4.69, 9.17) is 0 Å². The fourth-order valence-electron chi connectivity index (χ4n) is 2.95. The molecule has 3 nitrogen and oxygen atoms in total. The third-order valence-electron chi connectivity index (χ3n) is 4.06. The van der Waals surface area contributed by atoms with Crippen molar-refractivity contribution in [3.05, 3.63) is 70.1 Å². The zero-order valence-corrected chi connectivity index (χ0v) is 12.4. The van der Waals surface area contributed by atoms with Gasteiger partial charge in [0.25, 0.3) is 0 Å². The van der Waals surface area contributed by atoms with Gasteiger partial charge in [0.15, 0.2) is 5.78 Å². The lowest BCUT2D eigenvalue weighted by molar-refractivity contribution is 0.103. The van der Waals surface area contributed by atoms with E-state index >= 15 is 0 Å². The normalized spacial score (nSPS) is 12.8. The van der Waals surface area contributed by atoms with Crippen LogP contribution in [0, 0.1) is 0 Å². The second-order valence-corrected chi connectivity index (χ2v) is 6.22. The molecule has 2 aromatic carbocycles. The van der Waals surface area contributed by atoms with E-state index in [2.05, 4.69) is 0 Å². The maximum atomic E-state index is 12.6. The second kappa shape index (κ2) is 4.71. The fraction of sp³-hybridized carbons (Fsp3) is 0.0556. The predicted octanol–water partition coefficient (Wildman–Crippen LogP) is 3.96. The lowest BCUT2D eigenvalue weighted by Gasteiger charge is -2.21. The van der Waals surface area contributed by atoms with Gasteiger partial charge in [-0.2, -0.15) is 0 Å². The Kier molecular flexibility index (Phi) is 2.81. The summed E-state index contributed by atoms with van der Waals surface area (Å²) < 4.78 is 0. The van der Waals surface area contributed by atoms with Crippen molar-refractivity contribution in [2.75, 3.05) is 0 Å². The van der Waals surface area contributed by atoms with E-state index in [1.807, 2.05) is 17.5 Å². The lowest BCUT2D eigenvalue weighted by atomic mass is 9.83. The molecule has 2 N–H and O–H groups in total. The van der Waals surface area contributed by atoms with Gasteiger partial charge in [-0.05, 0) is 29.6 Å². The predicted molar refractivity (Wildman–Crippen MR) is 85.8 cm³/mol. The van der Waals surface area contributed by atoms with Crippen LogP contribution in [0.4, 0.5) is 0 Å². The average molecular weight is 308 g/mol. The number of rotatable bonds is 1. The Labute approximate surface area is 131 Å². The van der Waals surface area contributed by atoms with Gasteiger partial charge in [0, 0.05) is 39.1 Å². The van der Waals surface area contributed by atoms with Gasteiger partial charge in [0.05, 0.1) is 0 Å². The van der Waals surface area contributed by atoms with E-state index in [0.29, 0.717) is 28.7 Å². The highest BCUT2D eigenvalue weighted by molar-refractivity contribution is 7.13. The molecule has 0 radical (unpaired) electrons. The molecule has 108 valence electrons. The van der Waals surface area contributed by atoms with Crippen molar-refractivity contribution in [3.8, 4) is 21.9 Å². The van der Waals surface area contributed by atoms with Crippen molar-refractivity contribution in [1.82, 2.24) is 0 Å². The van der Waals surface area contributed by atoms with Crippen LogP contribution in [0.25, 0.3) is 10.4 Å². The zero-order valence-electron chi connectivity index (χ0n) is 11.5. The summed E-state index contributed by atoms with van der Waals surface area (Å²) in [6.07, 6.45) is 0.355. The molecule has 1 aromatic heterocycles. The number of carbonyl (C=O) groups excluding carboxylic acids is 1. The average Bonchev–Trinajstić information content (AvgIpc) is 3.04. The first-order valence-corrected chi connectivity index (χ1v) is 7.79. The monoisotopic (exact) mass is 308 g/mol. The van der Waals surface area contributed by atoms with E-state index in [1.54, 1.807) is 30.3 Å². The summed E-state index contributed by atoms with van der Waals surface area (Å²) in [4.78, 5) is 13.5. The van der Waals surface area contributed by atoms with E-state index in [9.17, 15) is 15.0 Å². The number of hydrogen-bond acceptors (Lipinski definition) is 4. The second-order valence-electron chi connectivity index (χ2n) is 5.27. The molecule has 0 saturated carbocycles. The molecule has 4 rings (SSSR count). The van der Waals surface area contributed by atoms with Crippen molar-refractivity contribution in [2.45, 2.75) is 6.42 Å². The quantitative estimate of drug-likeness (QED) is 0.559.